The predicted octanol–water partition coefficient (Wildman–Crippen LogP) is 4.56. The zero-order chi connectivity index (χ0) is 20.9. The molecule has 0 bridgehead atoms. The van der Waals surface area contributed by atoms with Crippen LogP contribution in [0.2, 0.25) is 5.02 Å². The van der Waals surface area contributed by atoms with Crippen LogP contribution in [0.5, 0.6) is 5.75 Å². The van der Waals surface area contributed by atoms with Gasteiger partial charge in [0, 0.05) is 24.8 Å². The molecule has 0 spiro atoms. The van der Waals surface area contributed by atoms with Gasteiger partial charge in [-0.1, -0.05) is 30.5 Å². The number of carbonyl (C=O) groups excluding carboxylic acids is 1. The summed E-state index contributed by atoms with van der Waals surface area (Å²) in [4.78, 5) is 12.9. The highest BCUT2D eigenvalue weighted by molar-refractivity contribution is 7.89. The van der Waals surface area contributed by atoms with E-state index in [9.17, 15) is 13.2 Å². The molecule has 0 aromatic heterocycles. The summed E-state index contributed by atoms with van der Waals surface area (Å²) in [5, 5.41) is 2.95. The molecule has 1 heterocycles. The number of carbonyl (C=O) groups is 1. The number of nitrogens with one attached hydrogen (secondary N) is 1. The Hall–Kier alpha value is -2.09. The van der Waals surface area contributed by atoms with Crippen LogP contribution in [0.3, 0.4) is 0 Å². The molecule has 0 radical (unpaired) electrons. The van der Waals surface area contributed by atoms with Crippen LogP contribution in [0.4, 0.5) is 5.69 Å². The van der Waals surface area contributed by atoms with Gasteiger partial charge in [-0.15, -0.1) is 0 Å². The highest BCUT2D eigenvalue weighted by Crippen LogP contribution is 2.26. The molecule has 1 aliphatic rings. The first-order valence-corrected chi connectivity index (χ1v) is 11.6. The van der Waals surface area contributed by atoms with Crippen LogP contribution >= 0.6 is 11.6 Å². The van der Waals surface area contributed by atoms with Gasteiger partial charge in [0.05, 0.1) is 22.1 Å². The standard InChI is InChI=1S/C21H25ClN2O4S/c1-2-28-17-9-7-8-16(14-17)23-21(25)19-15-18(10-11-20(19)22)29(26,27)24-12-5-3-4-6-13-24/h7-11,14-15H,2-6,12-13H2,1H3,(H,23,25). The topological polar surface area (TPSA) is 75.7 Å². The largest absolute Gasteiger partial charge is 0.494 e. The lowest BCUT2D eigenvalue weighted by Crippen LogP contribution is -2.32. The second kappa shape index (κ2) is 9.61. The molecular formula is C21H25ClN2O4S. The number of halogens is 1. The van der Waals surface area contributed by atoms with Crippen LogP contribution < -0.4 is 10.1 Å². The molecule has 0 saturated carbocycles. The van der Waals surface area contributed by atoms with Crippen molar-refractivity contribution < 1.29 is 17.9 Å². The summed E-state index contributed by atoms with van der Waals surface area (Å²) < 4.78 is 33.0. The second-order valence-corrected chi connectivity index (χ2v) is 9.22. The van der Waals surface area contributed by atoms with Crippen molar-refractivity contribution in [1.29, 1.82) is 0 Å². The van der Waals surface area contributed by atoms with Gasteiger partial charge < -0.3 is 10.1 Å². The summed E-state index contributed by atoms with van der Waals surface area (Å²) in [7, 11) is -3.67. The zero-order valence-corrected chi connectivity index (χ0v) is 17.9. The van der Waals surface area contributed by atoms with E-state index in [-0.39, 0.29) is 15.5 Å². The molecule has 6 nitrogen and oxygen atoms in total. The number of ether oxygens (including phenoxy) is 1. The van der Waals surface area contributed by atoms with Gasteiger partial charge in [-0.25, -0.2) is 8.42 Å². The lowest BCUT2D eigenvalue weighted by Gasteiger charge is -2.20. The lowest BCUT2D eigenvalue weighted by atomic mass is 10.2. The Morgan fingerprint density at radius 3 is 2.52 bits per heavy atom. The number of anilines is 1. The van der Waals surface area contributed by atoms with E-state index in [1.54, 1.807) is 24.3 Å². The number of nitrogens with zero attached hydrogens (tertiary/aromatic N) is 1. The first kappa shape index (κ1) is 21.6. The molecule has 1 fully saturated rings. The molecule has 2 aromatic rings. The highest BCUT2D eigenvalue weighted by Gasteiger charge is 2.26. The van der Waals surface area contributed by atoms with Crippen molar-refractivity contribution in [3.05, 3.63) is 53.1 Å². The molecule has 1 amide bonds. The second-order valence-electron chi connectivity index (χ2n) is 6.87. The van der Waals surface area contributed by atoms with Crippen LogP contribution in [-0.2, 0) is 10.0 Å². The molecule has 3 rings (SSSR count). The van der Waals surface area contributed by atoms with Crippen molar-refractivity contribution in [2.75, 3.05) is 25.0 Å². The van der Waals surface area contributed by atoms with E-state index >= 15 is 0 Å². The van der Waals surface area contributed by atoms with Crippen molar-refractivity contribution in [1.82, 2.24) is 4.31 Å². The molecule has 8 heteroatoms. The summed E-state index contributed by atoms with van der Waals surface area (Å²) in [6.07, 6.45) is 3.74. The Labute approximate surface area is 176 Å². The minimum absolute atomic E-state index is 0.0806. The third kappa shape index (κ3) is 5.29. The molecule has 2 aromatic carbocycles. The van der Waals surface area contributed by atoms with E-state index in [4.69, 9.17) is 16.3 Å². The average molecular weight is 437 g/mol. The summed E-state index contributed by atoms with van der Waals surface area (Å²) in [5.74, 6) is 0.158. The zero-order valence-electron chi connectivity index (χ0n) is 16.4. The molecule has 1 saturated heterocycles. The van der Waals surface area contributed by atoms with Gasteiger partial charge in [-0.05, 0) is 50.1 Å². The third-order valence-corrected chi connectivity index (χ3v) is 7.01. The number of sulfonamides is 1. The minimum atomic E-state index is -3.67. The average Bonchev–Trinajstić information content (AvgIpc) is 2.99. The van der Waals surface area contributed by atoms with E-state index < -0.39 is 15.9 Å². The van der Waals surface area contributed by atoms with Gasteiger partial charge >= 0.3 is 0 Å². The highest BCUT2D eigenvalue weighted by atomic mass is 35.5. The number of hydrogen-bond acceptors (Lipinski definition) is 4. The van der Waals surface area contributed by atoms with Gasteiger partial charge in [-0.2, -0.15) is 4.31 Å². The molecule has 0 unspecified atom stereocenters. The van der Waals surface area contributed by atoms with Gasteiger partial charge in [-0.3, -0.25) is 4.79 Å². The minimum Gasteiger partial charge on any atom is -0.494 e. The fraction of sp³-hybridized carbons (Fsp3) is 0.381. The molecule has 29 heavy (non-hydrogen) atoms. The Morgan fingerprint density at radius 1 is 1.10 bits per heavy atom. The van der Waals surface area contributed by atoms with Gasteiger partial charge in [0.2, 0.25) is 10.0 Å². The van der Waals surface area contributed by atoms with E-state index in [1.165, 1.54) is 22.5 Å². The number of amides is 1. The summed E-state index contributed by atoms with van der Waals surface area (Å²) in [6.45, 7) is 3.38. The van der Waals surface area contributed by atoms with Crippen molar-refractivity contribution in [3.63, 3.8) is 0 Å². The smallest absolute Gasteiger partial charge is 0.257 e. The predicted molar refractivity (Wildman–Crippen MR) is 114 cm³/mol. The van der Waals surface area contributed by atoms with E-state index in [0.29, 0.717) is 31.1 Å². The molecule has 156 valence electrons. The number of hydrogen-bond donors (Lipinski definition) is 1. The lowest BCUT2D eigenvalue weighted by molar-refractivity contribution is 0.102. The third-order valence-electron chi connectivity index (χ3n) is 4.79. The van der Waals surface area contributed by atoms with Crippen LogP contribution in [0.15, 0.2) is 47.4 Å². The number of benzene rings is 2. The quantitative estimate of drug-likeness (QED) is 0.720. The summed E-state index contributed by atoms with van der Waals surface area (Å²) in [6, 6.07) is 11.2. The van der Waals surface area contributed by atoms with Crippen LogP contribution in [0.25, 0.3) is 0 Å². The SMILES string of the molecule is CCOc1cccc(NC(=O)c2cc(S(=O)(=O)N3CCCCCC3)ccc2Cl)c1. The van der Waals surface area contributed by atoms with E-state index in [0.717, 1.165) is 25.7 Å². The summed E-state index contributed by atoms with van der Waals surface area (Å²) >= 11 is 6.21. The maximum atomic E-state index is 13.0. The monoisotopic (exact) mass is 436 g/mol. The fourth-order valence-corrected chi connectivity index (χ4v) is 5.05. The molecular weight excluding hydrogens is 412 g/mol. The van der Waals surface area contributed by atoms with Crippen molar-refractivity contribution in [2.24, 2.45) is 0 Å². The van der Waals surface area contributed by atoms with Crippen molar-refractivity contribution in [3.8, 4) is 5.75 Å². The van der Waals surface area contributed by atoms with Crippen LogP contribution in [0, 0.1) is 0 Å². The first-order chi connectivity index (χ1) is 13.9. The summed E-state index contributed by atoms with van der Waals surface area (Å²) in [5.41, 5.74) is 0.655. The van der Waals surface area contributed by atoms with Crippen LogP contribution in [0.1, 0.15) is 43.0 Å². The molecule has 1 aliphatic heterocycles. The van der Waals surface area contributed by atoms with E-state index in [1.807, 2.05) is 6.92 Å². The van der Waals surface area contributed by atoms with Gasteiger partial charge in [0.25, 0.3) is 5.91 Å². The normalized spacial score (nSPS) is 15.5. The Balaban J connectivity index is 1.84. The maximum absolute atomic E-state index is 13.0. The fourth-order valence-electron chi connectivity index (χ4n) is 3.30. The van der Waals surface area contributed by atoms with Gasteiger partial charge in [0.15, 0.2) is 0 Å². The maximum Gasteiger partial charge on any atom is 0.257 e. The number of rotatable bonds is 6. The Morgan fingerprint density at radius 2 is 1.83 bits per heavy atom. The van der Waals surface area contributed by atoms with Crippen molar-refractivity contribution >= 4 is 33.2 Å². The first-order valence-electron chi connectivity index (χ1n) is 9.75. The molecule has 0 aliphatic carbocycles. The van der Waals surface area contributed by atoms with Crippen LogP contribution in [-0.4, -0.2) is 38.3 Å². The molecule has 1 N–H and O–H groups in total. The van der Waals surface area contributed by atoms with E-state index in [2.05, 4.69) is 5.32 Å². The molecule has 0 atom stereocenters. The Kier molecular flexibility index (Phi) is 7.16. The Bertz CT molecular complexity index is 970. The van der Waals surface area contributed by atoms with Crippen molar-refractivity contribution in [2.45, 2.75) is 37.5 Å². The van der Waals surface area contributed by atoms with Gasteiger partial charge in [0.1, 0.15) is 5.75 Å².